The fourth-order valence-corrected chi connectivity index (χ4v) is 2.76. The van der Waals surface area contributed by atoms with Crippen LogP contribution in [0.4, 0.5) is 0 Å². The molecule has 0 bridgehead atoms. The number of nitrogens with one attached hydrogen (secondary N) is 1. The zero-order valence-electron chi connectivity index (χ0n) is 12.4. The molecule has 23 heavy (non-hydrogen) atoms. The summed E-state index contributed by atoms with van der Waals surface area (Å²) in [6.07, 6.45) is 6.06. The van der Waals surface area contributed by atoms with Crippen molar-refractivity contribution in [3.05, 3.63) is 54.6 Å². The van der Waals surface area contributed by atoms with E-state index in [0.717, 1.165) is 41.0 Å². The fourth-order valence-electron chi connectivity index (χ4n) is 2.76. The second kappa shape index (κ2) is 4.78. The molecular formula is C18H14N4O. The second-order valence-electron chi connectivity index (χ2n) is 5.94. The third kappa shape index (κ3) is 2.21. The Kier molecular flexibility index (Phi) is 2.61. The Balaban J connectivity index is 1.47. The maximum absolute atomic E-state index is 5.34. The van der Waals surface area contributed by atoms with Gasteiger partial charge in [0.05, 0.1) is 11.3 Å². The van der Waals surface area contributed by atoms with Crippen LogP contribution in [0, 0.1) is 0 Å². The van der Waals surface area contributed by atoms with E-state index in [2.05, 4.69) is 44.4 Å². The zero-order chi connectivity index (χ0) is 15.2. The maximum Gasteiger partial charge on any atom is 0.259 e. The lowest BCUT2D eigenvalue weighted by molar-refractivity contribution is 0.422. The fraction of sp³-hybridized carbons (Fsp3) is 0.167. The Hall–Kier alpha value is -2.95. The molecule has 1 aliphatic rings. The molecule has 112 valence electrons. The van der Waals surface area contributed by atoms with Crippen molar-refractivity contribution in [1.82, 2.24) is 20.1 Å². The van der Waals surface area contributed by atoms with Crippen molar-refractivity contribution in [1.29, 1.82) is 0 Å². The monoisotopic (exact) mass is 302 g/mol. The molecule has 4 aromatic rings. The van der Waals surface area contributed by atoms with Gasteiger partial charge in [-0.15, -0.1) is 0 Å². The summed E-state index contributed by atoms with van der Waals surface area (Å²) in [6.45, 7) is 0. The molecular weight excluding hydrogens is 288 g/mol. The van der Waals surface area contributed by atoms with Crippen molar-refractivity contribution < 1.29 is 4.52 Å². The SMILES string of the molecule is c1cc2cc(-c3ccc(-c4nc(C5CC5)no4)cn3)ccc2[nH]1. The number of nitrogens with zero attached hydrogens (tertiary/aromatic N) is 3. The highest BCUT2D eigenvalue weighted by atomic mass is 16.5. The van der Waals surface area contributed by atoms with Gasteiger partial charge in [0, 0.05) is 34.8 Å². The summed E-state index contributed by atoms with van der Waals surface area (Å²) in [5, 5.41) is 5.23. The van der Waals surface area contributed by atoms with E-state index in [9.17, 15) is 0 Å². The van der Waals surface area contributed by atoms with Crippen molar-refractivity contribution in [2.45, 2.75) is 18.8 Å². The highest BCUT2D eigenvalue weighted by Gasteiger charge is 2.29. The van der Waals surface area contributed by atoms with Crippen LogP contribution in [0.3, 0.4) is 0 Å². The van der Waals surface area contributed by atoms with Gasteiger partial charge in [-0.1, -0.05) is 11.2 Å². The molecule has 3 heterocycles. The number of benzene rings is 1. The first-order valence-electron chi connectivity index (χ1n) is 7.74. The molecule has 0 saturated heterocycles. The van der Waals surface area contributed by atoms with Gasteiger partial charge in [-0.2, -0.15) is 4.98 Å². The van der Waals surface area contributed by atoms with E-state index < -0.39 is 0 Å². The molecule has 1 N–H and O–H groups in total. The Morgan fingerprint density at radius 1 is 1.04 bits per heavy atom. The largest absolute Gasteiger partial charge is 0.361 e. The van der Waals surface area contributed by atoms with E-state index in [-0.39, 0.29) is 0 Å². The number of hydrogen-bond acceptors (Lipinski definition) is 4. The first-order valence-corrected chi connectivity index (χ1v) is 7.74. The molecule has 1 saturated carbocycles. The molecule has 0 radical (unpaired) electrons. The van der Waals surface area contributed by atoms with Crippen molar-refractivity contribution in [3.63, 3.8) is 0 Å². The lowest BCUT2D eigenvalue weighted by Crippen LogP contribution is -1.86. The van der Waals surface area contributed by atoms with Crippen molar-refractivity contribution >= 4 is 10.9 Å². The van der Waals surface area contributed by atoms with Gasteiger partial charge in [0.15, 0.2) is 5.82 Å². The van der Waals surface area contributed by atoms with Gasteiger partial charge in [0.1, 0.15) is 0 Å². The lowest BCUT2D eigenvalue weighted by Gasteiger charge is -2.02. The van der Waals surface area contributed by atoms with Gasteiger partial charge in [-0.3, -0.25) is 4.98 Å². The van der Waals surface area contributed by atoms with E-state index in [4.69, 9.17) is 4.52 Å². The van der Waals surface area contributed by atoms with E-state index >= 15 is 0 Å². The molecule has 1 fully saturated rings. The quantitative estimate of drug-likeness (QED) is 0.617. The summed E-state index contributed by atoms with van der Waals surface area (Å²) in [7, 11) is 0. The maximum atomic E-state index is 5.34. The Bertz CT molecular complexity index is 980. The molecule has 0 unspecified atom stereocenters. The molecule has 0 atom stereocenters. The van der Waals surface area contributed by atoms with Crippen LogP contribution < -0.4 is 0 Å². The first-order chi connectivity index (χ1) is 11.4. The minimum Gasteiger partial charge on any atom is -0.361 e. The Labute approximate surface area is 132 Å². The van der Waals surface area contributed by atoms with E-state index in [1.54, 1.807) is 6.20 Å². The number of pyridine rings is 1. The van der Waals surface area contributed by atoms with Crippen molar-refractivity contribution in [3.8, 4) is 22.7 Å². The topological polar surface area (TPSA) is 67.6 Å². The van der Waals surface area contributed by atoms with Crippen molar-refractivity contribution in [2.75, 3.05) is 0 Å². The van der Waals surface area contributed by atoms with E-state index in [0.29, 0.717) is 11.8 Å². The number of hydrogen-bond donors (Lipinski definition) is 1. The third-order valence-corrected chi connectivity index (χ3v) is 4.24. The molecule has 0 amide bonds. The first kappa shape index (κ1) is 12.6. The molecule has 0 aliphatic heterocycles. The smallest absolute Gasteiger partial charge is 0.259 e. The van der Waals surface area contributed by atoms with E-state index in [1.165, 1.54) is 5.39 Å². The van der Waals surface area contributed by atoms with Crippen LogP contribution in [0.15, 0.2) is 53.3 Å². The predicted molar refractivity (Wildman–Crippen MR) is 86.8 cm³/mol. The standard InChI is InChI=1S/C18H14N4O/c1-2-11(1)17-21-18(23-22-17)14-4-6-16(20-10-14)12-3-5-15-13(9-12)7-8-19-15/h3-11,19H,1-2H2. The molecule has 5 nitrogen and oxygen atoms in total. The zero-order valence-corrected chi connectivity index (χ0v) is 12.4. The Morgan fingerprint density at radius 3 is 2.78 bits per heavy atom. The van der Waals surface area contributed by atoms with Gasteiger partial charge >= 0.3 is 0 Å². The summed E-state index contributed by atoms with van der Waals surface area (Å²) >= 11 is 0. The van der Waals surface area contributed by atoms with Gasteiger partial charge in [0.25, 0.3) is 5.89 Å². The molecule has 1 aliphatic carbocycles. The van der Waals surface area contributed by atoms with Crippen molar-refractivity contribution in [2.24, 2.45) is 0 Å². The van der Waals surface area contributed by atoms with Crippen LogP contribution in [-0.4, -0.2) is 20.1 Å². The van der Waals surface area contributed by atoms with Gasteiger partial charge < -0.3 is 9.51 Å². The average molecular weight is 302 g/mol. The average Bonchev–Trinajstić information content (AvgIpc) is 3.14. The predicted octanol–water partition coefficient (Wildman–Crippen LogP) is 4.16. The number of aromatic nitrogens is 4. The molecule has 0 spiro atoms. The van der Waals surface area contributed by atoms with E-state index in [1.807, 2.05) is 18.3 Å². The molecule has 5 heteroatoms. The summed E-state index contributed by atoms with van der Waals surface area (Å²) in [4.78, 5) is 12.2. The minimum absolute atomic E-state index is 0.493. The van der Waals surface area contributed by atoms with Crippen LogP contribution >= 0.6 is 0 Å². The van der Waals surface area contributed by atoms with Gasteiger partial charge in [-0.05, 0) is 43.2 Å². The van der Waals surface area contributed by atoms with Gasteiger partial charge in [-0.25, -0.2) is 0 Å². The number of rotatable bonds is 3. The lowest BCUT2D eigenvalue weighted by atomic mass is 10.1. The summed E-state index contributed by atoms with van der Waals surface area (Å²) < 4.78 is 5.34. The summed E-state index contributed by atoms with van der Waals surface area (Å²) in [6, 6.07) is 12.3. The molecule has 1 aromatic carbocycles. The van der Waals surface area contributed by atoms with Crippen LogP contribution in [0.5, 0.6) is 0 Å². The highest BCUT2D eigenvalue weighted by Crippen LogP contribution is 2.38. The minimum atomic E-state index is 0.493. The second-order valence-corrected chi connectivity index (χ2v) is 5.94. The summed E-state index contributed by atoms with van der Waals surface area (Å²) in [5.74, 6) is 1.86. The normalized spacial score (nSPS) is 14.4. The van der Waals surface area contributed by atoms with Crippen LogP contribution in [-0.2, 0) is 0 Å². The number of fused-ring (bicyclic) bond motifs is 1. The van der Waals surface area contributed by atoms with Gasteiger partial charge in [0.2, 0.25) is 0 Å². The van der Waals surface area contributed by atoms with Crippen LogP contribution in [0.25, 0.3) is 33.6 Å². The molecule has 5 rings (SSSR count). The highest BCUT2D eigenvalue weighted by molar-refractivity contribution is 5.84. The number of aromatic amines is 1. The molecule has 3 aromatic heterocycles. The van der Waals surface area contributed by atoms with Crippen LogP contribution in [0.1, 0.15) is 24.6 Å². The van der Waals surface area contributed by atoms with Crippen LogP contribution in [0.2, 0.25) is 0 Å². The Morgan fingerprint density at radius 2 is 1.96 bits per heavy atom. The number of H-pyrrole nitrogens is 1. The third-order valence-electron chi connectivity index (χ3n) is 4.24. The summed E-state index contributed by atoms with van der Waals surface area (Å²) in [5.41, 5.74) is 4.01.